The molecule has 1 aromatic carbocycles. The van der Waals surface area contributed by atoms with Gasteiger partial charge in [-0.05, 0) is 30.2 Å². The lowest BCUT2D eigenvalue weighted by atomic mass is 10.1. The van der Waals surface area contributed by atoms with Crippen LogP contribution in [-0.2, 0) is 14.4 Å². The van der Waals surface area contributed by atoms with Crippen molar-refractivity contribution in [2.75, 3.05) is 21.3 Å². The Balaban J connectivity index is 3.01. The van der Waals surface area contributed by atoms with Crippen LogP contribution in [0.2, 0.25) is 0 Å². The smallest absolute Gasteiger partial charge is 0.312 e. The average molecular weight is 340 g/mol. The van der Waals surface area contributed by atoms with E-state index in [0.717, 1.165) is 20.7 Å². The van der Waals surface area contributed by atoms with Gasteiger partial charge in [0.1, 0.15) is 0 Å². The van der Waals surface area contributed by atoms with E-state index in [4.69, 9.17) is 9.57 Å². The van der Waals surface area contributed by atoms with Crippen molar-refractivity contribution in [1.29, 1.82) is 0 Å². The minimum absolute atomic E-state index is 0.218. The number of allylic oxidation sites excluding steroid dienone is 2. The maximum atomic E-state index is 11.9. The molecule has 5 heteroatoms. The fourth-order valence-corrected chi connectivity index (χ4v) is 1.93. The number of hydrogen-bond acceptors (Lipinski definition) is 3. The predicted molar refractivity (Wildman–Crippen MR) is 82.7 cm³/mol. The fourth-order valence-electron chi connectivity index (χ4n) is 1.53. The normalized spacial score (nSPS) is 12.2. The lowest BCUT2D eigenvalue weighted by Gasteiger charge is -2.15. The van der Waals surface area contributed by atoms with Crippen molar-refractivity contribution in [2.24, 2.45) is 0 Å². The quantitative estimate of drug-likeness (QED) is 0.357. The Bertz CT molecular complexity index is 538. The highest BCUT2D eigenvalue weighted by Crippen LogP contribution is 2.19. The predicted octanol–water partition coefficient (Wildman–Crippen LogP) is 3.40. The van der Waals surface area contributed by atoms with Crippen LogP contribution in [0.15, 0.2) is 46.1 Å². The van der Waals surface area contributed by atoms with E-state index < -0.39 is 0 Å². The van der Waals surface area contributed by atoms with Crippen molar-refractivity contribution in [1.82, 2.24) is 5.06 Å². The SMILES string of the molecule is CO/C(=C/C(C)=C/c1ccccc1Br)C(=O)N(C)OC. The maximum Gasteiger partial charge on any atom is 0.312 e. The van der Waals surface area contributed by atoms with Crippen LogP contribution in [0.25, 0.3) is 6.08 Å². The molecule has 0 heterocycles. The lowest BCUT2D eigenvalue weighted by Crippen LogP contribution is -2.27. The van der Waals surface area contributed by atoms with Crippen molar-refractivity contribution >= 4 is 27.9 Å². The number of benzene rings is 1. The fraction of sp³-hybridized carbons (Fsp3) is 0.267. The monoisotopic (exact) mass is 339 g/mol. The molecule has 0 unspecified atom stereocenters. The zero-order chi connectivity index (χ0) is 15.1. The number of carbonyl (C=O) groups is 1. The molecule has 0 aliphatic heterocycles. The molecule has 1 amide bonds. The van der Waals surface area contributed by atoms with Crippen LogP contribution in [0, 0.1) is 0 Å². The molecule has 20 heavy (non-hydrogen) atoms. The number of rotatable bonds is 5. The van der Waals surface area contributed by atoms with Crippen molar-refractivity contribution in [3.63, 3.8) is 0 Å². The largest absolute Gasteiger partial charge is 0.491 e. The van der Waals surface area contributed by atoms with Crippen LogP contribution in [0.1, 0.15) is 12.5 Å². The topological polar surface area (TPSA) is 38.8 Å². The van der Waals surface area contributed by atoms with Crippen molar-refractivity contribution < 1.29 is 14.4 Å². The second-order valence-corrected chi connectivity index (χ2v) is 4.96. The molecular formula is C15H18BrNO3. The molecule has 0 bridgehead atoms. The summed E-state index contributed by atoms with van der Waals surface area (Å²) in [5.74, 6) is -0.120. The van der Waals surface area contributed by atoms with Crippen LogP contribution in [0.4, 0.5) is 0 Å². The molecular weight excluding hydrogens is 322 g/mol. The van der Waals surface area contributed by atoms with Gasteiger partial charge in [0.25, 0.3) is 0 Å². The molecule has 0 aliphatic carbocycles. The third-order valence-corrected chi connectivity index (χ3v) is 3.36. The first-order valence-electron chi connectivity index (χ1n) is 6.00. The number of likely N-dealkylation sites (N-methyl/N-ethyl adjacent to an activating group) is 1. The Labute approximate surface area is 127 Å². The van der Waals surface area contributed by atoms with Crippen LogP contribution in [-0.4, -0.2) is 32.2 Å². The maximum absolute atomic E-state index is 11.9. The van der Waals surface area contributed by atoms with E-state index in [1.807, 2.05) is 37.3 Å². The number of nitrogens with zero attached hydrogens (tertiary/aromatic N) is 1. The zero-order valence-corrected chi connectivity index (χ0v) is 13.6. The number of hydrogen-bond donors (Lipinski definition) is 0. The highest BCUT2D eigenvalue weighted by Gasteiger charge is 2.15. The first kappa shape index (κ1) is 16.5. The highest BCUT2D eigenvalue weighted by atomic mass is 79.9. The van der Waals surface area contributed by atoms with Gasteiger partial charge in [-0.25, -0.2) is 5.06 Å². The van der Waals surface area contributed by atoms with Crippen molar-refractivity contribution in [2.45, 2.75) is 6.92 Å². The second kappa shape index (κ2) is 7.87. The minimum Gasteiger partial charge on any atom is -0.491 e. The third kappa shape index (κ3) is 4.51. The van der Waals surface area contributed by atoms with Crippen LogP contribution < -0.4 is 0 Å². The molecule has 0 N–H and O–H groups in total. The highest BCUT2D eigenvalue weighted by molar-refractivity contribution is 9.10. The number of methoxy groups -OCH3 is 1. The molecule has 0 aromatic heterocycles. The first-order valence-corrected chi connectivity index (χ1v) is 6.79. The molecule has 0 atom stereocenters. The molecule has 0 radical (unpaired) electrons. The van der Waals surface area contributed by atoms with Gasteiger partial charge >= 0.3 is 5.91 Å². The molecule has 4 nitrogen and oxygen atoms in total. The summed E-state index contributed by atoms with van der Waals surface area (Å²) in [5, 5.41) is 1.11. The molecule has 0 fully saturated rings. The summed E-state index contributed by atoms with van der Waals surface area (Å²) >= 11 is 3.48. The van der Waals surface area contributed by atoms with E-state index in [1.165, 1.54) is 21.3 Å². The van der Waals surface area contributed by atoms with Crippen molar-refractivity contribution in [3.8, 4) is 0 Å². The van der Waals surface area contributed by atoms with E-state index >= 15 is 0 Å². The zero-order valence-electron chi connectivity index (χ0n) is 12.0. The molecule has 0 spiro atoms. The Morgan fingerprint density at radius 2 is 1.95 bits per heavy atom. The molecule has 0 saturated carbocycles. The van der Waals surface area contributed by atoms with Gasteiger partial charge in [0.05, 0.1) is 14.2 Å². The van der Waals surface area contributed by atoms with E-state index in [9.17, 15) is 4.79 Å². The van der Waals surface area contributed by atoms with Gasteiger partial charge in [0.2, 0.25) is 0 Å². The Kier molecular flexibility index (Phi) is 6.48. The molecule has 1 aromatic rings. The van der Waals surface area contributed by atoms with Gasteiger partial charge in [-0.3, -0.25) is 9.63 Å². The summed E-state index contributed by atoms with van der Waals surface area (Å²) in [6.07, 6.45) is 3.64. The summed E-state index contributed by atoms with van der Waals surface area (Å²) in [6, 6.07) is 7.85. The summed E-state index contributed by atoms with van der Waals surface area (Å²) in [6.45, 7) is 1.90. The van der Waals surface area contributed by atoms with Crippen LogP contribution in [0.5, 0.6) is 0 Å². The van der Waals surface area contributed by atoms with Gasteiger partial charge in [-0.15, -0.1) is 0 Å². The first-order chi connectivity index (χ1) is 9.49. The van der Waals surface area contributed by atoms with Crippen molar-refractivity contribution in [3.05, 3.63) is 51.7 Å². The second-order valence-electron chi connectivity index (χ2n) is 4.11. The third-order valence-electron chi connectivity index (χ3n) is 2.64. The minimum atomic E-state index is -0.338. The van der Waals surface area contributed by atoms with Gasteiger partial charge in [-0.2, -0.15) is 0 Å². The van der Waals surface area contributed by atoms with Crippen LogP contribution >= 0.6 is 15.9 Å². The number of hydroxylamine groups is 2. The Morgan fingerprint density at radius 1 is 1.30 bits per heavy atom. The summed E-state index contributed by atoms with van der Waals surface area (Å²) in [7, 11) is 4.41. The summed E-state index contributed by atoms with van der Waals surface area (Å²) in [5.41, 5.74) is 1.93. The molecule has 1 rings (SSSR count). The van der Waals surface area contributed by atoms with E-state index in [2.05, 4.69) is 15.9 Å². The van der Waals surface area contributed by atoms with Gasteiger partial charge in [-0.1, -0.05) is 40.2 Å². The van der Waals surface area contributed by atoms with E-state index in [1.54, 1.807) is 6.08 Å². The average Bonchev–Trinajstić information content (AvgIpc) is 2.45. The Morgan fingerprint density at radius 3 is 2.50 bits per heavy atom. The Hall–Kier alpha value is -1.59. The van der Waals surface area contributed by atoms with E-state index in [-0.39, 0.29) is 11.7 Å². The van der Waals surface area contributed by atoms with Gasteiger partial charge in [0, 0.05) is 11.5 Å². The lowest BCUT2D eigenvalue weighted by molar-refractivity contribution is -0.167. The van der Waals surface area contributed by atoms with Gasteiger partial charge < -0.3 is 4.74 Å². The van der Waals surface area contributed by atoms with Gasteiger partial charge in [0.15, 0.2) is 5.76 Å². The standard InChI is InChI=1S/C15H18BrNO3/c1-11(9-12-7-5-6-8-13(12)16)10-14(19-3)15(18)17(2)20-4/h5-10H,1-4H3/b11-9+,14-10+. The number of amides is 1. The van der Waals surface area contributed by atoms with Crippen LogP contribution in [0.3, 0.4) is 0 Å². The molecule has 108 valence electrons. The molecule has 0 aliphatic rings. The van der Waals surface area contributed by atoms with E-state index in [0.29, 0.717) is 0 Å². The summed E-state index contributed by atoms with van der Waals surface area (Å²) in [4.78, 5) is 16.8. The number of carbonyl (C=O) groups excluding carboxylic acids is 1. The summed E-state index contributed by atoms with van der Waals surface area (Å²) < 4.78 is 6.10. The number of halogens is 1. The molecule has 0 saturated heterocycles. The number of ether oxygens (including phenoxy) is 1.